The molecule has 3 atom stereocenters. The molecule has 1 amide bonds. The Kier molecular flexibility index (Phi) is 9.05. The molecule has 24 heavy (non-hydrogen) atoms. The monoisotopic (exact) mass is 345 g/mol. The van der Waals surface area contributed by atoms with E-state index in [1.807, 2.05) is 0 Å². The number of ether oxygens (including phenoxy) is 3. The van der Waals surface area contributed by atoms with Crippen molar-refractivity contribution in [3.05, 3.63) is 12.7 Å². The van der Waals surface area contributed by atoms with Gasteiger partial charge in [-0.1, -0.05) is 6.08 Å². The molecule has 138 valence electrons. The molecule has 0 unspecified atom stereocenters. The molecule has 0 saturated heterocycles. The number of aliphatic hydroxyl groups is 1. The molecular weight excluding hydrogens is 318 g/mol. The maximum absolute atomic E-state index is 12.0. The van der Waals surface area contributed by atoms with E-state index in [0.29, 0.717) is 0 Å². The van der Waals surface area contributed by atoms with Crippen molar-refractivity contribution in [2.75, 3.05) is 20.8 Å². The van der Waals surface area contributed by atoms with Gasteiger partial charge in [-0.15, -0.1) is 6.58 Å². The van der Waals surface area contributed by atoms with E-state index in [9.17, 15) is 19.5 Å². The van der Waals surface area contributed by atoms with Crippen LogP contribution in [0.25, 0.3) is 0 Å². The molecule has 0 aromatic heterocycles. The van der Waals surface area contributed by atoms with Gasteiger partial charge in [0, 0.05) is 5.92 Å². The van der Waals surface area contributed by atoms with E-state index in [1.54, 1.807) is 20.8 Å². The Hall–Kier alpha value is -2.09. The smallest absolute Gasteiger partial charge is 0.408 e. The maximum atomic E-state index is 12.0. The summed E-state index contributed by atoms with van der Waals surface area (Å²) in [5.74, 6) is -2.88. The highest BCUT2D eigenvalue weighted by molar-refractivity contribution is 5.82. The number of hydrogen-bond donors (Lipinski definition) is 2. The predicted octanol–water partition coefficient (Wildman–Crippen LogP) is 1.03. The molecule has 0 aliphatic heterocycles. The van der Waals surface area contributed by atoms with E-state index in [4.69, 9.17) is 9.47 Å². The van der Waals surface area contributed by atoms with Crippen LogP contribution in [0.2, 0.25) is 0 Å². The van der Waals surface area contributed by atoms with Crippen molar-refractivity contribution in [1.29, 1.82) is 0 Å². The Bertz CT molecular complexity index is 456. The average Bonchev–Trinajstić information content (AvgIpc) is 2.50. The van der Waals surface area contributed by atoms with Gasteiger partial charge in [0.2, 0.25) is 0 Å². The highest BCUT2D eigenvalue weighted by atomic mass is 16.6. The fourth-order valence-corrected chi connectivity index (χ4v) is 2.02. The van der Waals surface area contributed by atoms with Gasteiger partial charge < -0.3 is 24.6 Å². The van der Waals surface area contributed by atoms with Gasteiger partial charge in [0.05, 0.1) is 26.7 Å². The second kappa shape index (κ2) is 9.92. The lowest BCUT2D eigenvalue weighted by molar-refractivity contribution is -0.149. The largest absolute Gasteiger partial charge is 0.469 e. The lowest BCUT2D eigenvalue weighted by Gasteiger charge is -2.26. The third-order valence-electron chi connectivity index (χ3n) is 3.20. The summed E-state index contributed by atoms with van der Waals surface area (Å²) in [5.41, 5.74) is -0.749. The summed E-state index contributed by atoms with van der Waals surface area (Å²) in [5, 5.41) is 11.8. The number of carbonyl (C=O) groups is 3. The summed E-state index contributed by atoms with van der Waals surface area (Å²) in [7, 11) is 2.36. The second-order valence-corrected chi connectivity index (χ2v) is 6.17. The summed E-state index contributed by atoms with van der Waals surface area (Å²) in [4.78, 5) is 35.8. The first-order chi connectivity index (χ1) is 11.1. The van der Waals surface area contributed by atoms with Gasteiger partial charge >= 0.3 is 18.0 Å². The molecule has 0 aromatic rings. The van der Waals surface area contributed by atoms with E-state index >= 15 is 0 Å². The number of alkyl carbamates (subject to hydrolysis) is 1. The Morgan fingerprint density at radius 3 is 2.08 bits per heavy atom. The van der Waals surface area contributed by atoms with E-state index in [2.05, 4.69) is 16.6 Å². The molecule has 0 heterocycles. The van der Waals surface area contributed by atoms with Crippen molar-refractivity contribution in [1.82, 2.24) is 5.32 Å². The van der Waals surface area contributed by atoms with Crippen LogP contribution in [-0.2, 0) is 23.8 Å². The molecule has 0 fully saturated rings. The van der Waals surface area contributed by atoms with Crippen LogP contribution >= 0.6 is 0 Å². The highest BCUT2D eigenvalue weighted by Crippen LogP contribution is 2.21. The van der Waals surface area contributed by atoms with E-state index in [1.165, 1.54) is 13.2 Å². The van der Waals surface area contributed by atoms with E-state index < -0.39 is 41.5 Å². The van der Waals surface area contributed by atoms with Crippen molar-refractivity contribution >= 4 is 18.0 Å². The first-order valence-electron chi connectivity index (χ1n) is 7.48. The molecule has 0 saturated carbocycles. The number of hydrogen-bond acceptors (Lipinski definition) is 7. The second-order valence-electron chi connectivity index (χ2n) is 6.17. The quantitative estimate of drug-likeness (QED) is 0.384. The summed E-state index contributed by atoms with van der Waals surface area (Å²) in [6.07, 6.45) is 0.444. The van der Waals surface area contributed by atoms with Crippen molar-refractivity contribution in [3.8, 4) is 0 Å². The number of carbonyl (C=O) groups excluding carboxylic acids is 3. The summed E-state index contributed by atoms with van der Waals surface area (Å²) in [6.45, 7) is 8.23. The standard InChI is InChI=1S/C16H27NO7/c1-7-10(9-18)11(13(19)22-5)8-12(14(20)23-6)17-15(21)24-16(2,3)4/h7,10-12,18H,1,8-9H2,2-6H3,(H,17,21)/t10-,11-,12+/m1/s1. The van der Waals surface area contributed by atoms with Gasteiger partial charge in [-0.25, -0.2) is 9.59 Å². The lowest BCUT2D eigenvalue weighted by Crippen LogP contribution is -2.46. The molecule has 0 aromatic carbocycles. The molecule has 0 aliphatic rings. The molecule has 0 bridgehead atoms. The van der Waals surface area contributed by atoms with Crippen LogP contribution in [0.4, 0.5) is 4.79 Å². The maximum Gasteiger partial charge on any atom is 0.408 e. The SMILES string of the molecule is C=C[C@H](CO)[C@@H](C[C@H](NC(=O)OC(C)(C)C)C(=O)OC)C(=O)OC. The first kappa shape index (κ1) is 21.9. The Labute approximate surface area is 142 Å². The van der Waals surface area contributed by atoms with E-state index in [0.717, 1.165) is 7.11 Å². The van der Waals surface area contributed by atoms with Crippen LogP contribution in [0.3, 0.4) is 0 Å². The average molecular weight is 345 g/mol. The number of rotatable bonds is 8. The number of esters is 2. The van der Waals surface area contributed by atoms with Crippen LogP contribution in [0, 0.1) is 11.8 Å². The summed E-state index contributed by atoms with van der Waals surface area (Å²) >= 11 is 0. The Morgan fingerprint density at radius 2 is 1.71 bits per heavy atom. The van der Waals surface area contributed by atoms with Crippen LogP contribution < -0.4 is 5.32 Å². The Balaban J connectivity index is 5.27. The van der Waals surface area contributed by atoms with Gasteiger partial charge in [0.1, 0.15) is 11.6 Å². The predicted molar refractivity (Wildman–Crippen MR) is 86.1 cm³/mol. The molecule has 0 rings (SSSR count). The van der Waals surface area contributed by atoms with Crippen molar-refractivity contribution in [2.45, 2.75) is 38.8 Å². The van der Waals surface area contributed by atoms with Gasteiger partial charge in [-0.3, -0.25) is 4.79 Å². The normalized spacial score (nSPS) is 14.8. The van der Waals surface area contributed by atoms with Crippen LogP contribution in [0.5, 0.6) is 0 Å². The number of aliphatic hydroxyl groups excluding tert-OH is 1. The topological polar surface area (TPSA) is 111 Å². The molecule has 8 heteroatoms. The van der Waals surface area contributed by atoms with Gasteiger partial charge in [0.25, 0.3) is 0 Å². The highest BCUT2D eigenvalue weighted by Gasteiger charge is 2.34. The number of methoxy groups -OCH3 is 2. The summed E-state index contributed by atoms with van der Waals surface area (Å²) in [6, 6.07) is -1.14. The van der Waals surface area contributed by atoms with Crippen molar-refractivity contribution in [2.24, 2.45) is 11.8 Å². The molecule has 2 N–H and O–H groups in total. The van der Waals surface area contributed by atoms with Crippen molar-refractivity contribution in [3.63, 3.8) is 0 Å². The van der Waals surface area contributed by atoms with Gasteiger partial charge in [0.15, 0.2) is 0 Å². The fraction of sp³-hybridized carbons (Fsp3) is 0.688. The molecular formula is C16H27NO7. The zero-order chi connectivity index (χ0) is 18.9. The van der Waals surface area contributed by atoms with Gasteiger partial charge in [-0.05, 0) is 27.2 Å². The minimum atomic E-state index is -1.14. The van der Waals surface area contributed by atoms with Gasteiger partial charge in [-0.2, -0.15) is 0 Å². The summed E-state index contributed by atoms with van der Waals surface area (Å²) < 4.78 is 14.5. The zero-order valence-electron chi connectivity index (χ0n) is 14.8. The molecule has 0 spiro atoms. The minimum Gasteiger partial charge on any atom is -0.469 e. The van der Waals surface area contributed by atoms with Crippen LogP contribution in [0.15, 0.2) is 12.7 Å². The molecule has 0 radical (unpaired) electrons. The fourth-order valence-electron chi connectivity index (χ4n) is 2.02. The minimum absolute atomic E-state index is 0.129. The number of amides is 1. The van der Waals surface area contributed by atoms with Crippen molar-refractivity contribution < 1.29 is 33.7 Å². The first-order valence-corrected chi connectivity index (χ1v) is 7.48. The third kappa shape index (κ3) is 7.45. The molecule has 0 aliphatic carbocycles. The lowest BCUT2D eigenvalue weighted by atomic mass is 9.87. The Morgan fingerprint density at radius 1 is 1.17 bits per heavy atom. The van der Waals surface area contributed by atoms with E-state index in [-0.39, 0.29) is 13.0 Å². The number of nitrogens with one attached hydrogen (secondary N) is 1. The van der Waals surface area contributed by atoms with Crippen LogP contribution in [-0.4, -0.2) is 55.6 Å². The third-order valence-corrected chi connectivity index (χ3v) is 3.20. The van der Waals surface area contributed by atoms with Crippen LogP contribution in [0.1, 0.15) is 27.2 Å². The molecule has 8 nitrogen and oxygen atoms in total. The zero-order valence-corrected chi connectivity index (χ0v) is 14.8.